The Labute approximate surface area is 249 Å². The average Bonchev–Trinajstić information content (AvgIpc) is 3.40. The molecule has 4 aromatic rings. The van der Waals surface area contributed by atoms with Crippen LogP contribution in [0.4, 0.5) is 23.7 Å². The molecule has 7 nitrogen and oxygen atoms in total. The molecule has 3 aromatic carbocycles. The number of aromatic amines is 1. The molecule has 0 aliphatic heterocycles. The van der Waals surface area contributed by atoms with E-state index in [1.807, 2.05) is 54.7 Å². The van der Waals surface area contributed by atoms with Crippen molar-refractivity contribution in [3.63, 3.8) is 0 Å². The van der Waals surface area contributed by atoms with E-state index in [0.717, 1.165) is 34.2 Å². The van der Waals surface area contributed by atoms with Gasteiger partial charge >= 0.3 is 12.2 Å². The van der Waals surface area contributed by atoms with Gasteiger partial charge in [-0.25, -0.2) is 4.79 Å². The van der Waals surface area contributed by atoms with E-state index in [9.17, 15) is 22.8 Å². The highest BCUT2D eigenvalue weighted by molar-refractivity contribution is 5.92. The third-order valence-corrected chi connectivity index (χ3v) is 7.34. The van der Waals surface area contributed by atoms with Gasteiger partial charge in [0.1, 0.15) is 6.54 Å². The number of urea groups is 1. The molecule has 0 aliphatic rings. The molecule has 0 atom stereocenters. The summed E-state index contributed by atoms with van der Waals surface area (Å²) >= 11 is 0. The van der Waals surface area contributed by atoms with Gasteiger partial charge in [-0.3, -0.25) is 4.79 Å². The van der Waals surface area contributed by atoms with Crippen molar-refractivity contribution in [1.29, 1.82) is 0 Å². The van der Waals surface area contributed by atoms with Crippen LogP contribution in [0.25, 0.3) is 10.9 Å². The quantitative estimate of drug-likeness (QED) is 0.184. The number of amides is 3. The Morgan fingerprint density at radius 2 is 1.63 bits per heavy atom. The summed E-state index contributed by atoms with van der Waals surface area (Å²) in [4.78, 5) is 33.2. The summed E-state index contributed by atoms with van der Waals surface area (Å²) in [5.74, 6) is 0.0154. The van der Waals surface area contributed by atoms with E-state index in [1.54, 1.807) is 4.90 Å². The SMILES string of the molecule is COCCN(CC(=O)N(CCc1c[nH]c2ccccc12)Cc1ccc(C(F)(F)F)cc1)C(=O)Nc1ccc(C(C)C)cc1. The summed E-state index contributed by atoms with van der Waals surface area (Å²) < 4.78 is 44.6. The van der Waals surface area contributed by atoms with Gasteiger partial charge in [0.25, 0.3) is 0 Å². The monoisotopic (exact) mass is 594 g/mol. The predicted octanol–water partition coefficient (Wildman–Crippen LogP) is 7.06. The summed E-state index contributed by atoms with van der Waals surface area (Å²) in [5.41, 5.74) is 3.53. The van der Waals surface area contributed by atoms with Gasteiger partial charge in [0.15, 0.2) is 0 Å². The summed E-state index contributed by atoms with van der Waals surface area (Å²) in [5, 5.41) is 3.89. The third-order valence-electron chi connectivity index (χ3n) is 7.34. The number of rotatable bonds is 12. The molecule has 0 unspecified atom stereocenters. The zero-order chi connectivity index (χ0) is 31.0. The average molecular weight is 595 g/mol. The van der Waals surface area contributed by atoms with Gasteiger partial charge in [0.05, 0.1) is 12.2 Å². The first-order valence-corrected chi connectivity index (χ1v) is 14.2. The molecule has 0 fully saturated rings. The van der Waals surface area contributed by atoms with E-state index in [1.165, 1.54) is 24.1 Å². The highest BCUT2D eigenvalue weighted by atomic mass is 19.4. The van der Waals surface area contributed by atoms with Crippen LogP contribution >= 0.6 is 0 Å². The smallest absolute Gasteiger partial charge is 0.383 e. The number of carbonyl (C=O) groups excluding carboxylic acids is 2. The second-order valence-corrected chi connectivity index (χ2v) is 10.7. The molecule has 2 N–H and O–H groups in total. The summed E-state index contributed by atoms with van der Waals surface area (Å²) in [6.45, 7) is 4.73. The van der Waals surface area contributed by atoms with Crippen molar-refractivity contribution in [3.05, 3.63) is 101 Å². The molecule has 0 aliphatic carbocycles. The second kappa shape index (κ2) is 14.2. The van der Waals surface area contributed by atoms with Gasteiger partial charge in [0, 0.05) is 49.5 Å². The van der Waals surface area contributed by atoms with Crippen molar-refractivity contribution in [3.8, 4) is 0 Å². The second-order valence-electron chi connectivity index (χ2n) is 10.7. The van der Waals surface area contributed by atoms with Crippen molar-refractivity contribution in [2.24, 2.45) is 0 Å². The van der Waals surface area contributed by atoms with Crippen LogP contribution in [0.15, 0.2) is 79.0 Å². The summed E-state index contributed by atoms with van der Waals surface area (Å²) in [7, 11) is 1.51. The van der Waals surface area contributed by atoms with Crippen molar-refractivity contribution < 1.29 is 27.5 Å². The van der Waals surface area contributed by atoms with E-state index in [4.69, 9.17) is 4.74 Å². The number of nitrogens with one attached hydrogen (secondary N) is 2. The Kier molecular flexibility index (Phi) is 10.5. The minimum Gasteiger partial charge on any atom is -0.383 e. The Balaban J connectivity index is 1.52. The zero-order valence-electron chi connectivity index (χ0n) is 24.6. The van der Waals surface area contributed by atoms with Crippen LogP contribution in [0, 0.1) is 0 Å². The number of halogens is 3. The Morgan fingerprint density at radius 1 is 0.930 bits per heavy atom. The number of methoxy groups -OCH3 is 1. The van der Waals surface area contributed by atoms with Crippen molar-refractivity contribution in [2.75, 3.05) is 38.7 Å². The molecular formula is C33H37F3N4O3. The van der Waals surface area contributed by atoms with E-state index >= 15 is 0 Å². The largest absolute Gasteiger partial charge is 0.416 e. The van der Waals surface area contributed by atoms with Gasteiger partial charge in [-0.15, -0.1) is 0 Å². The minimum atomic E-state index is -4.45. The Bertz CT molecular complexity index is 1500. The fourth-order valence-electron chi connectivity index (χ4n) is 4.78. The normalized spacial score (nSPS) is 11.6. The number of hydrogen-bond acceptors (Lipinski definition) is 3. The van der Waals surface area contributed by atoms with Crippen molar-refractivity contribution in [2.45, 2.75) is 38.9 Å². The first-order valence-electron chi connectivity index (χ1n) is 14.2. The van der Waals surface area contributed by atoms with Gasteiger partial charge < -0.3 is 24.8 Å². The van der Waals surface area contributed by atoms with Crippen molar-refractivity contribution in [1.82, 2.24) is 14.8 Å². The van der Waals surface area contributed by atoms with Gasteiger partial charge in [-0.1, -0.05) is 56.3 Å². The first-order chi connectivity index (χ1) is 20.5. The molecule has 228 valence electrons. The fraction of sp³-hybridized carbons (Fsp3) is 0.333. The highest BCUT2D eigenvalue weighted by Crippen LogP contribution is 2.29. The number of H-pyrrole nitrogens is 1. The lowest BCUT2D eigenvalue weighted by molar-refractivity contribution is -0.137. The molecular weight excluding hydrogens is 557 g/mol. The maximum absolute atomic E-state index is 13.7. The van der Waals surface area contributed by atoms with E-state index < -0.39 is 17.8 Å². The maximum atomic E-state index is 13.7. The number of aromatic nitrogens is 1. The van der Waals surface area contributed by atoms with Crippen LogP contribution < -0.4 is 5.32 Å². The lowest BCUT2D eigenvalue weighted by atomic mass is 10.0. The van der Waals surface area contributed by atoms with Crippen molar-refractivity contribution >= 4 is 28.5 Å². The predicted molar refractivity (Wildman–Crippen MR) is 162 cm³/mol. The molecule has 0 spiro atoms. The number of fused-ring (bicyclic) bond motifs is 1. The van der Waals surface area contributed by atoms with E-state index in [-0.39, 0.29) is 32.1 Å². The Hall–Kier alpha value is -4.31. The number of para-hydroxylation sites is 1. The topological polar surface area (TPSA) is 77.7 Å². The number of hydrogen-bond donors (Lipinski definition) is 2. The van der Waals surface area contributed by atoms with Crippen LogP contribution in [-0.4, -0.2) is 60.1 Å². The van der Waals surface area contributed by atoms with Crippen LogP contribution in [0.5, 0.6) is 0 Å². The fourth-order valence-corrected chi connectivity index (χ4v) is 4.78. The van der Waals surface area contributed by atoms with Crippen LogP contribution in [0.1, 0.15) is 42.0 Å². The lowest BCUT2D eigenvalue weighted by Gasteiger charge is -2.28. The lowest BCUT2D eigenvalue weighted by Crippen LogP contribution is -2.46. The Morgan fingerprint density at radius 3 is 2.28 bits per heavy atom. The molecule has 0 bridgehead atoms. The number of carbonyl (C=O) groups is 2. The zero-order valence-corrected chi connectivity index (χ0v) is 24.6. The van der Waals surface area contributed by atoms with Crippen LogP contribution in [0.2, 0.25) is 0 Å². The maximum Gasteiger partial charge on any atom is 0.416 e. The number of anilines is 1. The number of nitrogens with zero attached hydrogens (tertiary/aromatic N) is 2. The van der Waals surface area contributed by atoms with Gasteiger partial charge in [-0.2, -0.15) is 13.2 Å². The number of benzene rings is 3. The number of ether oxygens (including phenoxy) is 1. The van der Waals surface area contributed by atoms with E-state index in [2.05, 4.69) is 24.1 Å². The molecule has 43 heavy (non-hydrogen) atoms. The van der Waals surface area contributed by atoms with Crippen LogP contribution in [-0.2, 0) is 28.7 Å². The third kappa shape index (κ3) is 8.61. The molecule has 1 heterocycles. The molecule has 1 aromatic heterocycles. The standard InChI is InChI=1S/C33H37F3N4O3/c1-23(2)25-10-14-28(15-11-25)38-32(42)40(18-19-43-3)22-31(41)39(21-24-8-12-27(13-9-24)33(34,35)36)17-16-26-20-37-30-7-5-4-6-29(26)30/h4-15,20,23,37H,16-19,21-22H2,1-3H3,(H,38,42). The molecule has 0 radical (unpaired) electrons. The van der Waals surface area contributed by atoms with Gasteiger partial charge in [-0.05, 0) is 59.4 Å². The molecule has 0 saturated heterocycles. The molecule has 4 rings (SSSR count). The van der Waals surface area contributed by atoms with Crippen LogP contribution in [0.3, 0.4) is 0 Å². The van der Waals surface area contributed by atoms with Gasteiger partial charge in [0.2, 0.25) is 5.91 Å². The summed E-state index contributed by atoms with van der Waals surface area (Å²) in [6, 6.07) is 19.7. The minimum absolute atomic E-state index is 0.0930. The number of alkyl halides is 3. The first kappa shape index (κ1) is 31.6. The van der Waals surface area contributed by atoms with E-state index in [0.29, 0.717) is 30.1 Å². The highest BCUT2D eigenvalue weighted by Gasteiger charge is 2.30. The molecule has 0 saturated carbocycles. The molecule has 10 heteroatoms. The summed E-state index contributed by atoms with van der Waals surface area (Å²) in [6.07, 6.45) is -2.04. The molecule has 3 amide bonds.